The van der Waals surface area contributed by atoms with E-state index in [1.54, 1.807) is 0 Å². The molecule has 2 fully saturated rings. The Bertz CT molecular complexity index is 1230. The Morgan fingerprint density at radius 2 is 1.72 bits per heavy atom. The van der Waals surface area contributed by atoms with Crippen LogP contribution in [0.1, 0.15) is 48.8 Å². The zero-order valence-corrected chi connectivity index (χ0v) is 24.0. The number of likely N-dealkylation sites (tertiary alicyclic amines) is 1. The van der Waals surface area contributed by atoms with Crippen molar-refractivity contribution in [1.82, 2.24) is 20.9 Å². The van der Waals surface area contributed by atoms with Crippen molar-refractivity contribution in [3.8, 4) is 0 Å². The number of hydrogen-bond donors (Lipinski definition) is 4. The second-order valence-electron chi connectivity index (χ2n) is 11.3. The summed E-state index contributed by atoms with van der Waals surface area (Å²) in [6.45, 7) is 3.70. The summed E-state index contributed by atoms with van der Waals surface area (Å²) in [5, 5.41) is 16.4. The zero-order chi connectivity index (χ0) is 30.9. The van der Waals surface area contributed by atoms with E-state index in [2.05, 4.69) is 40.2 Å². The number of amides is 3. The van der Waals surface area contributed by atoms with Crippen LogP contribution in [0, 0.1) is 0 Å². The zero-order valence-electron chi connectivity index (χ0n) is 24.0. The van der Waals surface area contributed by atoms with E-state index in [1.165, 1.54) is 11.1 Å². The summed E-state index contributed by atoms with van der Waals surface area (Å²) in [7, 11) is 0. The number of benzene rings is 2. The van der Waals surface area contributed by atoms with Crippen molar-refractivity contribution < 1.29 is 37.4 Å². The number of aliphatic carboxylic acids is 1. The quantitative estimate of drug-likeness (QED) is 0.382. The molecule has 0 aromatic heterocycles. The minimum Gasteiger partial charge on any atom is -0.475 e. The third kappa shape index (κ3) is 8.93. The van der Waals surface area contributed by atoms with Crippen molar-refractivity contribution in [2.24, 2.45) is 0 Å². The second kappa shape index (κ2) is 14.7. The van der Waals surface area contributed by atoms with Crippen LogP contribution in [0.25, 0.3) is 0 Å². The van der Waals surface area contributed by atoms with Crippen LogP contribution in [0.2, 0.25) is 0 Å². The fraction of sp³-hybridized carbons (Fsp3) is 0.516. The molecule has 43 heavy (non-hydrogen) atoms. The first-order valence-electron chi connectivity index (χ1n) is 14.6. The van der Waals surface area contributed by atoms with Gasteiger partial charge in [-0.3, -0.25) is 4.79 Å². The lowest BCUT2D eigenvalue weighted by Gasteiger charge is -2.41. The largest absolute Gasteiger partial charge is 0.490 e. The fourth-order valence-electron chi connectivity index (χ4n) is 6.06. The van der Waals surface area contributed by atoms with Gasteiger partial charge in [0.05, 0.1) is 13.2 Å². The summed E-state index contributed by atoms with van der Waals surface area (Å²) in [6.07, 6.45) is 1.11. The molecule has 4 N–H and O–H groups in total. The van der Waals surface area contributed by atoms with Crippen molar-refractivity contribution in [3.63, 3.8) is 0 Å². The van der Waals surface area contributed by atoms with E-state index in [0.29, 0.717) is 19.7 Å². The lowest BCUT2D eigenvalue weighted by molar-refractivity contribution is -0.192. The van der Waals surface area contributed by atoms with Crippen LogP contribution < -0.4 is 16.0 Å². The smallest absolute Gasteiger partial charge is 0.475 e. The molecule has 2 heterocycles. The van der Waals surface area contributed by atoms with Crippen molar-refractivity contribution in [2.45, 2.75) is 68.8 Å². The van der Waals surface area contributed by atoms with Crippen LogP contribution in [0.15, 0.2) is 54.6 Å². The summed E-state index contributed by atoms with van der Waals surface area (Å²) in [5.74, 6) is -2.81. The third-order valence-corrected chi connectivity index (χ3v) is 8.37. The molecule has 3 amide bonds. The predicted molar refractivity (Wildman–Crippen MR) is 153 cm³/mol. The molecule has 234 valence electrons. The lowest BCUT2D eigenvalue weighted by Crippen LogP contribution is -2.57. The molecule has 9 nitrogen and oxygen atoms in total. The molecule has 2 aliphatic heterocycles. The predicted octanol–water partition coefficient (Wildman–Crippen LogP) is 3.76. The third-order valence-electron chi connectivity index (χ3n) is 8.37. The Kier molecular flexibility index (Phi) is 11.0. The van der Waals surface area contributed by atoms with E-state index < -0.39 is 18.2 Å². The molecule has 0 radical (unpaired) electrons. The van der Waals surface area contributed by atoms with E-state index in [-0.39, 0.29) is 30.0 Å². The van der Waals surface area contributed by atoms with Crippen LogP contribution in [0.4, 0.5) is 18.0 Å². The SMILES string of the molecule is O=C(NC(COCc1ccccc1)C(=O)N1CCC2(CCc3ccccc32)CC1)N[C@@H]1CCCNC1.O=C(O)C(F)(F)F. The monoisotopic (exact) mass is 604 g/mol. The number of nitrogens with one attached hydrogen (secondary N) is 3. The summed E-state index contributed by atoms with van der Waals surface area (Å²) < 4.78 is 37.7. The standard InChI is InChI=1S/C29H38N4O3.C2HF3O2/c34-27(33-17-14-29(15-18-33)13-12-23-9-4-5-11-25(23)29)26(21-36-20-22-7-2-1-3-8-22)32-28(35)31-24-10-6-16-30-19-24;3-2(4,5)1(6)7/h1-5,7-9,11,24,26,30H,6,10,12-21H2,(H2,31,32,35);(H,6,7)/t24-,26?;/m1./s1. The number of carbonyl (C=O) groups excluding carboxylic acids is 2. The van der Waals surface area contributed by atoms with Crippen molar-refractivity contribution >= 4 is 17.9 Å². The number of hydrogen-bond acceptors (Lipinski definition) is 5. The van der Waals surface area contributed by atoms with E-state index >= 15 is 0 Å². The first-order valence-corrected chi connectivity index (χ1v) is 14.6. The molecule has 1 aliphatic carbocycles. The van der Waals surface area contributed by atoms with Gasteiger partial charge in [-0.25, -0.2) is 9.59 Å². The van der Waals surface area contributed by atoms with Crippen LogP contribution >= 0.6 is 0 Å². The summed E-state index contributed by atoms with van der Waals surface area (Å²) in [6, 6.07) is 17.7. The van der Waals surface area contributed by atoms with E-state index in [4.69, 9.17) is 14.6 Å². The molecule has 0 bridgehead atoms. The van der Waals surface area contributed by atoms with Gasteiger partial charge in [0.15, 0.2) is 0 Å². The fourth-order valence-corrected chi connectivity index (χ4v) is 6.06. The molecular weight excluding hydrogens is 565 g/mol. The number of carboxylic acids is 1. The van der Waals surface area contributed by atoms with Crippen LogP contribution in [-0.2, 0) is 32.8 Å². The molecule has 12 heteroatoms. The van der Waals surface area contributed by atoms with Crippen molar-refractivity contribution in [3.05, 3.63) is 71.3 Å². The van der Waals surface area contributed by atoms with Gasteiger partial charge >= 0.3 is 18.2 Å². The molecule has 0 saturated carbocycles. The van der Waals surface area contributed by atoms with E-state index in [0.717, 1.165) is 57.2 Å². The number of fused-ring (bicyclic) bond motifs is 2. The number of urea groups is 1. The highest BCUT2D eigenvalue weighted by Gasteiger charge is 2.42. The van der Waals surface area contributed by atoms with Crippen LogP contribution in [-0.4, -0.2) is 79.0 Å². The summed E-state index contributed by atoms with van der Waals surface area (Å²) in [4.78, 5) is 37.2. The number of carbonyl (C=O) groups is 3. The number of rotatable bonds is 7. The number of carboxylic acid groups (broad SMARTS) is 1. The summed E-state index contributed by atoms with van der Waals surface area (Å²) >= 11 is 0. The summed E-state index contributed by atoms with van der Waals surface area (Å²) in [5.41, 5.74) is 4.16. The molecule has 1 spiro atoms. The van der Waals surface area contributed by atoms with Gasteiger partial charge in [-0.05, 0) is 67.2 Å². The minimum absolute atomic E-state index is 0.0545. The molecule has 5 rings (SSSR count). The highest BCUT2D eigenvalue weighted by Crippen LogP contribution is 2.46. The number of aryl methyl sites for hydroxylation is 1. The molecule has 2 aromatic carbocycles. The van der Waals surface area contributed by atoms with E-state index in [9.17, 15) is 22.8 Å². The number of ether oxygens (including phenoxy) is 1. The Morgan fingerprint density at radius 3 is 2.37 bits per heavy atom. The van der Waals surface area contributed by atoms with Crippen molar-refractivity contribution in [2.75, 3.05) is 32.8 Å². The van der Waals surface area contributed by atoms with Crippen molar-refractivity contribution in [1.29, 1.82) is 0 Å². The Hall–Kier alpha value is -3.64. The van der Waals surface area contributed by atoms with Gasteiger partial charge in [0.2, 0.25) is 5.91 Å². The maximum atomic E-state index is 13.6. The molecule has 2 atom stereocenters. The molecule has 3 aliphatic rings. The number of nitrogens with zero attached hydrogens (tertiary/aromatic N) is 1. The van der Waals surface area contributed by atoms with E-state index in [1.807, 2.05) is 35.2 Å². The van der Waals surface area contributed by atoms with Crippen LogP contribution in [0.5, 0.6) is 0 Å². The Morgan fingerprint density at radius 1 is 1.05 bits per heavy atom. The normalized spacial score (nSPS) is 19.9. The number of halogens is 3. The molecule has 1 unspecified atom stereocenters. The van der Waals surface area contributed by atoms with Gasteiger partial charge in [-0.15, -0.1) is 0 Å². The maximum Gasteiger partial charge on any atom is 0.490 e. The number of alkyl halides is 3. The van der Waals surface area contributed by atoms with Gasteiger partial charge in [0, 0.05) is 25.7 Å². The lowest BCUT2D eigenvalue weighted by atomic mass is 9.74. The Balaban J connectivity index is 0.000000541. The first-order chi connectivity index (χ1) is 20.6. The number of piperidine rings is 2. The highest BCUT2D eigenvalue weighted by molar-refractivity contribution is 5.87. The molecule has 2 saturated heterocycles. The Labute approximate surface area is 249 Å². The van der Waals surface area contributed by atoms with Crippen LogP contribution in [0.3, 0.4) is 0 Å². The average molecular weight is 605 g/mol. The van der Waals surface area contributed by atoms with Gasteiger partial charge in [0.1, 0.15) is 6.04 Å². The van der Waals surface area contributed by atoms with Gasteiger partial charge < -0.3 is 30.7 Å². The topological polar surface area (TPSA) is 120 Å². The maximum absolute atomic E-state index is 13.6. The van der Waals surface area contributed by atoms with Gasteiger partial charge in [-0.2, -0.15) is 13.2 Å². The average Bonchev–Trinajstić information content (AvgIpc) is 3.35. The highest BCUT2D eigenvalue weighted by atomic mass is 19.4. The van der Waals surface area contributed by atoms with Gasteiger partial charge in [-0.1, -0.05) is 54.6 Å². The van der Waals surface area contributed by atoms with Gasteiger partial charge in [0.25, 0.3) is 0 Å². The molecular formula is C31H39F3N4O5. The molecule has 2 aromatic rings. The second-order valence-corrected chi connectivity index (χ2v) is 11.3. The first kappa shape index (κ1) is 32.3. The minimum atomic E-state index is -5.08.